The third kappa shape index (κ3) is 3.08. The molecule has 5 nitrogen and oxygen atoms in total. The van der Waals surface area contributed by atoms with Crippen LogP contribution in [-0.2, 0) is 0 Å². The molecule has 116 valence electrons. The summed E-state index contributed by atoms with van der Waals surface area (Å²) < 4.78 is 0. The average molecular weight is 307 g/mol. The van der Waals surface area contributed by atoms with E-state index in [1.54, 1.807) is 12.1 Å². The van der Waals surface area contributed by atoms with Crippen molar-refractivity contribution in [1.82, 2.24) is 10.6 Å². The Morgan fingerprint density at radius 3 is 2.22 bits per heavy atom. The summed E-state index contributed by atoms with van der Waals surface area (Å²) in [5.74, 6) is -0.117. The highest BCUT2D eigenvalue weighted by molar-refractivity contribution is 6.14. The largest absolute Gasteiger partial charge is 0.382 e. The van der Waals surface area contributed by atoms with E-state index in [4.69, 9.17) is 5.73 Å². The van der Waals surface area contributed by atoms with E-state index in [2.05, 4.69) is 10.6 Å². The second kappa shape index (κ2) is 6.36. The Hall–Kier alpha value is -3.08. The number of rotatable bonds is 4. The van der Waals surface area contributed by atoms with Crippen LogP contribution in [0, 0.1) is 0 Å². The number of amides is 2. The molecular weight excluding hydrogens is 290 g/mol. The fourth-order valence-corrected chi connectivity index (χ4v) is 2.75. The minimum Gasteiger partial charge on any atom is -0.382 e. The van der Waals surface area contributed by atoms with Gasteiger partial charge in [-0.3, -0.25) is 4.79 Å². The lowest BCUT2D eigenvalue weighted by Gasteiger charge is -2.14. The minimum atomic E-state index is -0.649. The summed E-state index contributed by atoms with van der Waals surface area (Å²) in [6.45, 7) is 0.432. The van der Waals surface area contributed by atoms with E-state index >= 15 is 0 Å². The van der Waals surface area contributed by atoms with Gasteiger partial charge in [0.05, 0.1) is 11.7 Å². The molecule has 4 N–H and O–H groups in total. The number of carbonyl (C=O) groups is 2. The Morgan fingerprint density at radius 2 is 1.61 bits per heavy atom. The number of nitrogens with one attached hydrogen (secondary N) is 2. The van der Waals surface area contributed by atoms with Crippen molar-refractivity contribution in [2.45, 2.75) is 6.04 Å². The molecule has 2 aromatic carbocycles. The molecule has 1 heterocycles. The molecule has 1 aliphatic heterocycles. The lowest BCUT2D eigenvalue weighted by molar-refractivity contribution is 0.102. The number of Topliss-reactive ketones (excluding diaryl/α,β-unsaturated/α-hetero) is 1. The van der Waals surface area contributed by atoms with Gasteiger partial charge in [0.25, 0.3) is 0 Å². The molecule has 0 aromatic heterocycles. The first-order valence-electron chi connectivity index (χ1n) is 7.36. The van der Waals surface area contributed by atoms with Crippen molar-refractivity contribution in [3.8, 4) is 0 Å². The lowest BCUT2D eigenvalue weighted by Crippen LogP contribution is -2.42. The highest BCUT2D eigenvalue weighted by Gasteiger charge is 2.32. The van der Waals surface area contributed by atoms with Gasteiger partial charge in [0, 0.05) is 17.7 Å². The second-order valence-corrected chi connectivity index (χ2v) is 5.29. The number of ketones is 1. The number of carbonyl (C=O) groups excluding carboxylic acids is 2. The Kier molecular flexibility index (Phi) is 4.10. The monoisotopic (exact) mass is 307 g/mol. The van der Waals surface area contributed by atoms with Gasteiger partial charge in [0.1, 0.15) is 0 Å². The highest BCUT2D eigenvalue weighted by Crippen LogP contribution is 2.26. The molecule has 0 spiro atoms. The van der Waals surface area contributed by atoms with Crippen molar-refractivity contribution in [2.75, 3.05) is 6.54 Å². The maximum absolute atomic E-state index is 12.9. The van der Waals surface area contributed by atoms with Gasteiger partial charge >= 0.3 is 6.03 Å². The SMILES string of the molecule is NC(=O)NC1CNC(c2ccccc2)=C1C(=O)c1ccccc1. The van der Waals surface area contributed by atoms with Crippen LogP contribution in [0.4, 0.5) is 4.79 Å². The van der Waals surface area contributed by atoms with E-state index in [1.807, 2.05) is 48.5 Å². The number of primary amides is 1. The highest BCUT2D eigenvalue weighted by atomic mass is 16.2. The normalized spacial score (nSPS) is 16.8. The Morgan fingerprint density at radius 1 is 1.00 bits per heavy atom. The summed E-state index contributed by atoms with van der Waals surface area (Å²) in [4.78, 5) is 24.2. The van der Waals surface area contributed by atoms with Crippen LogP contribution in [0.2, 0.25) is 0 Å². The van der Waals surface area contributed by atoms with Crippen molar-refractivity contribution in [2.24, 2.45) is 5.73 Å². The van der Waals surface area contributed by atoms with E-state index < -0.39 is 12.1 Å². The zero-order chi connectivity index (χ0) is 16.2. The number of nitrogens with two attached hydrogens (primary N) is 1. The standard InChI is InChI=1S/C18H17N3O2/c19-18(23)21-14-11-20-16(12-7-3-1-4-8-12)15(14)17(22)13-9-5-2-6-10-13/h1-10,14,20H,11H2,(H3,19,21,23). The third-order valence-corrected chi connectivity index (χ3v) is 3.76. The van der Waals surface area contributed by atoms with Crippen LogP contribution >= 0.6 is 0 Å². The van der Waals surface area contributed by atoms with Crippen LogP contribution < -0.4 is 16.4 Å². The Labute approximate surface area is 134 Å². The molecule has 1 unspecified atom stereocenters. The van der Waals surface area contributed by atoms with Gasteiger partial charge in [-0.1, -0.05) is 60.7 Å². The van der Waals surface area contributed by atoms with Crippen LogP contribution in [0.3, 0.4) is 0 Å². The summed E-state index contributed by atoms with van der Waals surface area (Å²) in [5.41, 5.74) is 7.99. The predicted octanol–water partition coefficient (Wildman–Crippen LogP) is 1.92. The Bertz CT molecular complexity index is 754. The first kappa shape index (κ1) is 14.8. The zero-order valence-electron chi connectivity index (χ0n) is 12.5. The van der Waals surface area contributed by atoms with Crippen LogP contribution in [-0.4, -0.2) is 24.4 Å². The van der Waals surface area contributed by atoms with E-state index in [1.165, 1.54) is 0 Å². The molecule has 0 saturated carbocycles. The van der Waals surface area contributed by atoms with E-state index in [0.717, 1.165) is 11.3 Å². The maximum atomic E-state index is 12.9. The molecule has 2 aromatic rings. The summed E-state index contributed by atoms with van der Waals surface area (Å²) >= 11 is 0. The molecular formula is C18H17N3O2. The summed E-state index contributed by atoms with van der Waals surface area (Å²) in [6.07, 6.45) is 0. The number of hydrogen-bond acceptors (Lipinski definition) is 3. The van der Waals surface area contributed by atoms with Gasteiger partial charge in [0.2, 0.25) is 0 Å². The summed E-state index contributed by atoms with van der Waals surface area (Å²) in [6, 6.07) is 17.5. The summed E-state index contributed by atoms with van der Waals surface area (Å²) in [5, 5.41) is 5.86. The molecule has 0 saturated heterocycles. The van der Waals surface area contributed by atoms with E-state index in [9.17, 15) is 9.59 Å². The van der Waals surface area contributed by atoms with Gasteiger partial charge in [-0.2, -0.15) is 0 Å². The van der Waals surface area contributed by atoms with Gasteiger partial charge in [0.15, 0.2) is 5.78 Å². The molecule has 1 aliphatic rings. The van der Waals surface area contributed by atoms with Crippen molar-refractivity contribution in [1.29, 1.82) is 0 Å². The third-order valence-electron chi connectivity index (χ3n) is 3.76. The zero-order valence-corrected chi connectivity index (χ0v) is 12.5. The first-order chi connectivity index (χ1) is 11.2. The number of benzene rings is 2. The predicted molar refractivity (Wildman–Crippen MR) is 88.6 cm³/mol. The van der Waals surface area contributed by atoms with Crippen molar-refractivity contribution in [3.63, 3.8) is 0 Å². The first-order valence-corrected chi connectivity index (χ1v) is 7.36. The fourth-order valence-electron chi connectivity index (χ4n) is 2.75. The second-order valence-electron chi connectivity index (χ2n) is 5.29. The van der Waals surface area contributed by atoms with Gasteiger partial charge in [-0.15, -0.1) is 0 Å². The summed E-state index contributed by atoms with van der Waals surface area (Å²) in [7, 11) is 0. The van der Waals surface area contributed by atoms with Crippen molar-refractivity contribution < 1.29 is 9.59 Å². The molecule has 2 amide bonds. The van der Waals surface area contributed by atoms with E-state index in [0.29, 0.717) is 17.7 Å². The smallest absolute Gasteiger partial charge is 0.312 e. The maximum Gasteiger partial charge on any atom is 0.312 e. The van der Waals surface area contributed by atoms with Crippen LogP contribution in [0.15, 0.2) is 66.2 Å². The van der Waals surface area contributed by atoms with Crippen LogP contribution in [0.25, 0.3) is 5.70 Å². The Balaban J connectivity index is 2.06. The van der Waals surface area contributed by atoms with Gasteiger partial charge in [-0.25, -0.2) is 4.79 Å². The van der Waals surface area contributed by atoms with Crippen molar-refractivity contribution in [3.05, 3.63) is 77.4 Å². The van der Waals surface area contributed by atoms with Gasteiger partial charge < -0.3 is 16.4 Å². The molecule has 5 heteroatoms. The van der Waals surface area contributed by atoms with Gasteiger partial charge in [-0.05, 0) is 5.56 Å². The molecule has 3 rings (SSSR count). The van der Waals surface area contributed by atoms with E-state index in [-0.39, 0.29) is 5.78 Å². The topological polar surface area (TPSA) is 84.2 Å². The molecule has 0 radical (unpaired) electrons. The quantitative estimate of drug-likeness (QED) is 0.755. The molecule has 23 heavy (non-hydrogen) atoms. The minimum absolute atomic E-state index is 0.117. The van der Waals surface area contributed by atoms with Crippen LogP contribution in [0.5, 0.6) is 0 Å². The molecule has 0 fully saturated rings. The lowest BCUT2D eigenvalue weighted by atomic mass is 9.95. The number of urea groups is 1. The van der Waals surface area contributed by atoms with Crippen LogP contribution in [0.1, 0.15) is 15.9 Å². The molecule has 0 aliphatic carbocycles. The fraction of sp³-hybridized carbons (Fsp3) is 0.111. The molecule has 1 atom stereocenters. The van der Waals surface area contributed by atoms with Crippen molar-refractivity contribution >= 4 is 17.5 Å². The number of hydrogen-bond donors (Lipinski definition) is 3. The average Bonchev–Trinajstić information content (AvgIpc) is 2.98. The molecule has 0 bridgehead atoms.